The molecule has 1 saturated carbocycles. The van der Waals surface area contributed by atoms with Gasteiger partial charge in [-0.3, -0.25) is 4.79 Å². The molecule has 0 bridgehead atoms. The Balaban J connectivity index is 1.70. The van der Waals surface area contributed by atoms with E-state index in [4.69, 9.17) is 9.15 Å². The highest BCUT2D eigenvalue weighted by molar-refractivity contribution is 5.85. The van der Waals surface area contributed by atoms with Crippen molar-refractivity contribution in [3.63, 3.8) is 0 Å². The summed E-state index contributed by atoms with van der Waals surface area (Å²) in [6.45, 7) is 1.000. The van der Waals surface area contributed by atoms with Crippen LogP contribution in [0.25, 0.3) is 11.3 Å². The van der Waals surface area contributed by atoms with E-state index in [1.807, 2.05) is 36.4 Å². The minimum Gasteiger partial charge on any atom is -0.464 e. The van der Waals surface area contributed by atoms with Crippen LogP contribution < -0.4 is 5.32 Å². The van der Waals surface area contributed by atoms with E-state index in [2.05, 4.69) is 5.32 Å². The fourth-order valence-corrected chi connectivity index (χ4v) is 2.57. The summed E-state index contributed by atoms with van der Waals surface area (Å²) in [5, 5.41) is 3.03. The van der Waals surface area contributed by atoms with Gasteiger partial charge < -0.3 is 14.5 Å². The van der Waals surface area contributed by atoms with Crippen LogP contribution in [0.15, 0.2) is 47.1 Å². The van der Waals surface area contributed by atoms with Crippen molar-refractivity contribution in [3.8, 4) is 11.3 Å². The maximum atomic E-state index is 12.3. The maximum Gasteiger partial charge on any atom is 0.228 e. The normalized spacial score (nSPS) is 15.7. The number of rotatable bonds is 6. The number of ether oxygens (including phenoxy) is 1. The van der Waals surface area contributed by atoms with Crippen LogP contribution in [0.1, 0.15) is 18.4 Å². The summed E-state index contributed by atoms with van der Waals surface area (Å²) in [6, 6.07) is 11.7. The Hall–Kier alpha value is -2.07. The third-order valence-electron chi connectivity index (χ3n) is 4.00. The Labute approximate surface area is 124 Å². The summed E-state index contributed by atoms with van der Waals surface area (Å²) >= 11 is 0. The number of furan rings is 1. The van der Waals surface area contributed by atoms with Crippen LogP contribution in [0.4, 0.5) is 0 Å². The van der Waals surface area contributed by atoms with E-state index >= 15 is 0 Å². The first kappa shape index (κ1) is 13.9. The number of carbonyl (C=O) groups is 1. The van der Waals surface area contributed by atoms with Crippen molar-refractivity contribution in [2.24, 2.45) is 5.41 Å². The Morgan fingerprint density at radius 1 is 1.29 bits per heavy atom. The Kier molecular flexibility index (Phi) is 3.80. The molecule has 0 saturated heterocycles. The fraction of sp³-hybridized carbons (Fsp3) is 0.353. The highest BCUT2D eigenvalue weighted by Gasteiger charge is 2.49. The van der Waals surface area contributed by atoms with Gasteiger partial charge in [0.25, 0.3) is 0 Å². The molecule has 1 fully saturated rings. The third kappa shape index (κ3) is 2.85. The molecule has 0 atom stereocenters. The molecule has 1 aromatic heterocycles. The smallest absolute Gasteiger partial charge is 0.228 e. The van der Waals surface area contributed by atoms with Crippen molar-refractivity contribution >= 4 is 5.91 Å². The van der Waals surface area contributed by atoms with Gasteiger partial charge in [0, 0.05) is 19.2 Å². The van der Waals surface area contributed by atoms with Crippen LogP contribution >= 0.6 is 0 Å². The zero-order chi connectivity index (χ0) is 14.7. The van der Waals surface area contributed by atoms with Gasteiger partial charge >= 0.3 is 0 Å². The minimum atomic E-state index is -0.297. The second-order valence-corrected chi connectivity index (χ2v) is 5.53. The lowest BCUT2D eigenvalue weighted by Crippen LogP contribution is -2.34. The average molecular weight is 285 g/mol. The van der Waals surface area contributed by atoms with E-state index in [1.54, 1.807) is 13.4 Å². The summed E-state index contributed by atoms with van der Waals surface area (Å²) in [4.78, 5) is 12.3. The maximum absolute atomic E-state index is 12.3. The van der Waals surface area contributed by atoms with Gasteiger partial charge in [0.15, 0.2) is 0 Å². The highest BCUT2D eigenvalue weighted by atomic mass is 16.5. The van der Waals surface area contributed by atoms with E-state index in [-0.39, 0.29) is 11.3 Å². The molecular weight excluding hydrogens is 266 g/mol. The second kappa shape index (κ2) is 5.74. The predicted molar refractivity (Wildman–Crippen MR) is 79.5 cm³/mol. The molecule has 1 amide bonds. The number of hydrogen-bond acceptors (Lipinski definition) is 3. The van der Waals surface area contributed by atoms with Crippen LogP contribution in [-0.4, -0.2) is 19.6 Å². The topological polar surface area (TPSA) is 51.5 Å². The van der Waals surface area contributed by atoms with E-state index in [0.717, 1.165) is 29.7 Å². The van der Waals surface area contributed by atoms with Crippen LogP contribution in [0.2, 0.25) is 0 Å². The van der Waals surface area contributed by atoms with Crippen LogP contribution in [0.3, 0.4) is 0 Å². The predicted octanol–water partition coefficient (Wildman–Crippen LogP) is 2.99. The Morgan fingerprint density at radius 2 is 2.10 bits per heavy atom. The third-order valence-corrected chi connectivity index (χ3v) is 4.00. The zero-order valence-corrected chi connectivity index (χ0v) is 12.1. The summed E-state index contributed by atoms with van der Waals surface area (Å²) in [5.74, 6) is 0.900. The van der Waals surface area contributed by atoms with E-state index in [1.165, 1.54) is 0 Å². The summed E-state index contributed by atoms with van der Waals surface area (Å²) in [7, 11) is 1.64. The molecule has 21 heavy (non-hydrogen) atoms. The van der Waals surface area contributed by atoms with Crippen molar-refractivity contribution in [2.45, 2.75) is 19.4 Å². The van der Waals surface area contributed by atoms with Gasteiger partial charge in [0.2, 0.25) is 5.91 Å². The summed E-state index contributed by atoms with van der Waals surface area (Å²) in [6.07, 6.45) is 3.47. The number of amides is 1. The molecule has 1 aromatic carbocycles. The highest BCUT2D eigenvalue weighted by Crippen LogP contribution is 2.46. The molecule has 4 nitrogen and oxygen atoms in total. The number of hydrogen-bond donors (Lipinski definition) is 1. The molecule has 110 valence electrons. The first-order valence-corrected chi connectivity index (χ1v) is 7.14. The standard InChI is InChI=1S/C17H19NO3/c1-20-12-17(8-9-17)16(19)18-11-13-5-2-3-6-14(13)15-7-4-10-21-15/h2-7,10H,8-9,11-12H2,1H3,(H,18,19). The zero-order valence-electron chi connectivity index (χ0n) is 12.1. The van der Waals surface area contributed by atoms with Crippen LogP contribution in [0, 0.1) is 5.41 Å². The molecule has 0 aliphatic heterocycles. The van der Waals surface area contributed by atoms with Crippen LogP contribution in [-0.2, 0) is 16.1 Å². The molecule has 1 aliphatic rings. The largest absolute Gasteiger partial charge is 0.464 e. The van der Waals surface area contributed by atoms with Gasteiger partial charge in [-0.25, -0.2) is 0 Å². The summed E-state index contributed by atoms with van der Waals surface area (Å²) in [5.41, 5.74) is 1.77. The fourth-order valence-electron chi connectivity index (χ4n) is 2.57. The lowest BCUT2D eigenvalue weighted by Gasteiger charge is -2.15. The van der Waals surface area contributed by atoms with Gasteiger partial charge in [-0.05, 0) is 30.5 Å². The Morgan fingerprint density at radius 3 is 2.76 bits per heavy atom. The van der Waals surface area contributed by atoms with E-state index in [0.29, 0.717) is 13.2 Å². The minimum absolute atomic E-state index is 0.0820. The van der Waals surface area contributed by atoms with Gasteiger partial charge in [-0.2, -0.15) is 0 Å². The monoisotopic (exact) mass is 285 g/mol. The molecule has 1 heterocycles. The molecule has 2 aromatic rings. The number of carbonyl (C=O) groups excluding carboxylic acids is 1. The average Bonchev–Trinajstić information content (AvgIpc) is 3.10. The van der Waals surface area contributed by atoms with Gasteiger partial charge in [0.05, 0.1) is 18.3 Å². The molecular formula is C17H19NO3. The number of benzene rings is 1. The lowest BCUT2D eigenvalue weighted by atomic mass is 10.0. The molecule has 0 spiro atoms. The quantitative estimate of drug-likeness (QED) is 0.887. The van der Waals surface area contributed by atoms with Gasteiger partial charge in [-0.15, -0.1) is 0 Å². The van der Waals surface area contributed by atoms with Crippen molar-refractivity contribution < 1.29 is 13.9 Å². The van der Waals surface area contributed by atoms with E-state index < -0.39 is 0 Å². The van der Waals surface area contributed by atoms with Crippen molar-refractivity contribution in [1.82, 2.24) is 5.32 Å². The molecule has 1 aliphatic carbocycles. The van der Waals surface area contributed by atoms with Crippen molar-refractivity contribution in [3.05, 3.63) is 48.2 Å². The second-order valence-electron chi connectivity index (χ2n) is 5.53. The van der Waals surface area contributed by atoms with Gasteiger partial charge in [-0.1, -0.05) is 24.3 Å². The number of methoxy groups -OCH3 is 1. The van der Waals surface area contributed by atoms with Gasteiger partial charge in [0.1, 0.15) is 5.76 Å². The van der Waals surface area contributed by atoms with Crippen molar-refractivity contribution in [2.75, 3.05) is 13.7 Å². The molecule has 4 heteroatoms. The summed E-state index contributed by atoms with van der Waals surface area (Å²) < 4.78 is 10.6. The SMILES string of the molecule is COCC1(C(=O)NCc2ccccc2-c2ccco2)CC1. The molecule has 0 unspecified atom stereocenters. The Bertz CT molecular complexity index is 615. The first-order chi connectivity index (χ1) is 10.2. The molecule has 0 radical (unpaired) electrons. The number of nitrogens with one attached hydrogen (secondary N) is 1. The molecule has 1 N–H and O–H groups in total. The van der Waals surface area contributed by atoms with E-state index in [9.17, 15) is 4.79 Å². The first-order valence-electron chi connectivity index (χ1n) is 7.14. The van der Waals surface area contributed by atoms with Crippen molar-refractivity contribution in [1.29, 1.82) is 0 Å². The van der Waals surface area contributed by atoms with Crippen LogP contribution in [0.5, 0.6) is 0 Å². The molecule has 3 rings (SSSR count). The lowest BCUT2D eigenvalue weighted by molar-refractivity contribution is -0.128.